The number of benzene rings is 1. The molecule has 0 aliphatic rings. The molecular formula is C12H10BrNO2S. The van der Waals surface area contributed by atoms with Crippen molar-refractivity contribution >= 4 is 33.2 Å². The summed E-state index contributed by atoms with van der Waals surface area (Å²) >= 11 is 4.75. The molecule has 0 aliphatic heterocycles. The molecule has 0 saturated carbocycles. The summed E-state index contributed by atoms with van der Waals surface area (Å²) in [5.41, 5.74) is 3.22. The number of nitrogens with zero attached hydrogens (tertiary/aromatic N) is 1. The van der Waals surface area contributed by atoms with E-state index >= 15 is 0 Å². The van der Waals surface area contributed by atoms with Gasteiger partial charge in [0.2, 0.25) is 0 Å². The first-order chi connectivity index (χ1) is 8.24. The third kappa shape index (κ3) is 2.56. The van der Waals surface area contributed by atoms with Crippen LogP contribution in [0, 0.1) is 0 Å². The second-order valence-corrected chi connectivity index (χ2v) is 4.94. The van der Waals surface area contributed by atoms with Gasteiger partial charge in [-0.2, -0.15) is 0 Å². The molecular weight excluding hydrogens is 302 g/mol. The Balaban J connectivity index is 2.44. The van der Waals surface area contributed by atoms with Crippen LogP contribution in [0.1, 0.15) is 16.6 Å². The lowest BCUT2D eigenvalue weighted by Crippen LogP contribution is -2.04. The van der Waals surface area contributed by atoms with Gasteiger partial charge < -0.3 is 4.74 Å². The number of esters is 1. The van der Waals surface area contributed by atoms with Gasteiger partial charge in [-0.25, -0.2) is 9.78 Å². The molecule has 1 aromatic heterocycles. The van der Waals surface area contributed by atoms with Crippen LogP contribution in [-0.4, -0.2) is 17.6 Å². The summed E-state index contributed by atoms with van der Waals surface area (Å²) in [6.07, 6.45) is 0. The summed E-state index contributed by atoms with van der Waals surface area (Å²) < 4.78 is 5.92. The normalized spacial score (nSPS) is 10.2. The van der Waals surface area contributed by atoms with Crippen molar-refractivity contribution in [2.45, 2.75) is 6.92 Å². The molecule has 1 heterocycles. The number of rotatable bonds is 3. The first-order valence-electron chi connectivity index (χ1n) is 5.09. The molecule has 0 radical (unpaired) electrons. The first kappa shape index (κ1) is 12.3. The molecule has 5 heteroatoms. The number of hydrogen-bond acceptors (Lipinski definition) is 4. The average Bonchev–Trinajstić information content (AvgIpc) is 2.79. The van der Waals surface area contributed by atoms with Gasteiger partial charge in [0.25, 0.3) is 0 Å². The molecule has 0 amide bonds. The molecule has 17 heavy (non-hydrogen) atoms. The number of carbonyl (C=O) groups excluding carboxylic acids is 1. The summed E-state index contributed by atoms with van der Waals surface area (Å²) in [5.74, 6) is -0.319. The predicted octanol–water partition coefficient (Wildman–Crippen LogP) is 3.75. The van der Waals surface area contributed by atoms with Crippen molar-refractivity contribution in [3.05, 3.63) is 39.1 Å². The Kier molecular flexibility index (Phi) is 3.91. The van der Waals surface area contributed by atoms with E-state index in [1.807, 2.05) is 24.3 Å². The zero-order chi connectivity index (χ0) is 12.3. The van der Waals surface area contributed by atoms with Crippen LogP contribution in [0.5, 0.6) is 0 Å². The Morgan fingerprint density at radius 1 is 1.47 bits per heavy atom. The van der Waals surface area contributed by atoms with E-state index in [2.05, 4.69) is 20.9 Å². The fourth-order valence-corrected chi connectivity index (χ4v) is 2.60. The molecule has 0 unspecified atom stereocenters. The van der Waals surface area contributed by atoms with Crippen molar-refractivity contribution in [3.63, 3.8) is 0 Å². The fraction of sp³-hybridized carbons (Fsp3) is 0.167. The maximum atomic E-state index is 11.7. The lowest BCUT2D eigenvalue weighted by Gasteiger charge is -2.04. The quantitative estimate of drug-likeness (QED) is 0.810. The van der Waals surface area contributed by atoms with Crippen LogP contribution in [0.2, 0.25) is 0 Å². The monoisotopic (exact) mass is 311 g/mol. The minimum Gasteiger partial charge on any atom is -0.462 e. The highest BCUT2D eigenvalue weighted by Crippen LogP contribution is 2.31. The molecule has 2 rings (SSSR count). The molecule has 3 nitrogen and oxygen atoms in total. The Morgan fingerprint density at radius 3 is 2.94 bits per heavy atom. The maximum absolute atomic E-state index is 11.7. The van der Waals surface area contributed by atoms with E-state index in [9.17, 15) is 4.79 Å². The lowest BCUT2D eigenvalue weighted by molar-refractivity contribution is 0.0532. The van der Waals surface area contributed by atoms with Crippen LogP contribution >= 0.6 is 27.3 Å². The Bertz CT molecular complexity index is 539. The molecule has 1 aromatic carbocycles. The van der Waals surface area contributed by atoms with Gasteiger partial charge in [-0.3, -0.25) is 0 Å². The van der Waals surface area contributed by atoms with Gasteiger partial charge in [-0.05, 0) is 13.0 Å². The highest BCUT2D eigenvalue weighted by Gasteiger charge is 2.18. The SMILES string of the molecule is CCOC(=O)c1scnc1-c1ccccc1Br. The van der Waals surface area contributed by atoms with Gasteiger partial charge in [0.15, 0.2) is 0 Å². The number of thiazole rings is 1. The number of ether oxygens (including phenoxy) is 1. The van der Waals surface area contributed by atoms with E-state index in [0.29, 0.717) is 17.2 Å². The molecule has 0 atom stereocenters. The van der Waals surface area contributed by atoms with E-state index in [-0.39, 0.29) is 5.97 Å². The highest BCUT2D eigenvalue weighted by molar-refractivity contribution is 9.10. The molecule has 0 aliphatic carbocycles. The summed E-state index contributed by atoms with van der Waals surface area (Å²) in [5, 5.41) is 0. The summed E-state index contributed by atoms with van der Waals surface area (Å²) in [6, 6.07) is 7.67. The second kappa shape index (κ2) is 5.42. The topological polar surface area (TPSA) is 39.2 Å². The minimum absolute atomic E-state index is 0.319. The molecule has 0 spiro atoms. The molecule has 88 valence electrons. The second-order valence-electron chi connectivity index (χ2n) is 3.23. The van der Waals surface area contributed by atoms with Crippen molar-refractivity contribution in [2.24, 2.45) is 0 Å². The number of hydrogen-bond donors (Lipinski definition) is 0. The van der Waals surface area contributed by atoms with E-state index < -0.39 is 0 Å². The van der Waals surface area contributed by atoms with Crippen molar-refractivity contribution in [1.29, 1.82) is 0 Å². The lowest BCUT2D eigenvalue weighted by atomic mass is 10.1. The van der Waals surface area contributed by atoms with Crippen molar-refractivity contribution in [2.75, 3.05) is 6.61 Å². The number of halogens is 1. The van der Waals surface area contributed by atoms with Crippen LogP contribution in [0.3, 0.4) is 0 Å². The van der Waals surface area contributed by atoms with Crippen LogP contribution in [0.15, 0.2) is 34.2 Å². The summed E-state index contributed by atoms with van der Waals surface area (Å²) in [4.78, 5) is 16.5. The average molecular weight is 312 g/mol. The van der Waals surface area contributed by atoms with Crippen LogP contribution in [0.4, 0.5) is 0 Å². The third-order valence-electron chi connectivity index (χ3n) is 2.16. The van der Waals surface area contributed by atoms with Crippen LogP contribution in [-0.2, 0) is 4.74 Å². The summed E-state index contributed by atoms with van der Waals surface area (Å²) in [6.45, 7) is 2.16. The smallest absolute Gasteiger partial charge is 0.350 e. The Labute approximate surface area is 112 Å². The van der Waals surface area contributed by atoms with Crippen LogP contribution < -0.4 is 0 Å². The molecule has 0 bridgehead atoms. The van der Waals surface area contributed by atoms with Gasteiger partial charge in [0.05, 0.1) is 17.8 Å². The van der Waals surface area contributed by atoms with Crippen molar-refractivity contribution in [3.8, 4) is 11.3 Å². The zero-order valence-electron chi connectivity index (χ0n) is 9.14. The standard InChI is InChI=1S/C12H10BrNO2S/c1-2-16-12(15)11-10(14-7-17-11)8-5-3-4-6-9(8)13/h3-7H,2H2,1H3. The van der Waals surface area contributed by atoms with Crippen molar-refractivity contribution in [1.82, 2.24) is 4.98 Å². The van der Waals surface area contributed by atoms with Gasteiger partial charge in [-0.15, -0.1) is 11.3 Å². The van der Waals surface area contributed by atoms with Gasteiger partial charge in [-0.1, -0.05) is 34.1 Å². The van der Waals surface area contributed by atoms with E-state index in [4.69, 9.17) is 4.74 Å². The molecule has 0 saturated heterocycles. The predicted molar refractivity (Wildman–Crippen MR) is 71.2 cm³/mol. The van der Waals surface area contributed by atoms with E-state index in [0.717, 1.165) is 10.0 Å². The van der Waals surface area contributed by atoms with Gasteiger partial charge in [0.1, 0.15) is 4.88 Å². The molecule has 0 N–H and O–H groups in total. The summed E-state index contributed by atoms with van der Waals surface area (Å²) in [7, 11) is 0. The minimum atomic E-state index is -0.319. The van der Waals surface area contributed by atoms with E-state index in [1.165, 1.54) is 11.3 Å². The van der Waals surface area contributed by atoms with Gasteiger partial charge in [0, 0.05) is 10.0 Å². The third-order valence-corrected chi connectivity index (χ3v) is 3.66. The van der Waals surface area contributed by atoms with Crippen LogP contribution in [0.25, 0.3) is 11.3 Å². The van der Waals surface area contributed by atoms with E-state index in [1.54, 1.807) is 12.4 Å². The highest BCUT2D eigenvalue weighted by atomic mass is 79.9. The maximum Gasteiger partial charge on any atom is 0.350 e. The zero-order valence-corrected chi connectivity index (χ0v) is 11.5. The Morgan fingerprint density at radius 2 is 2.24 bits per heavy atom. The van der Waals surface area contributed by atoms with Gasteiger partial charge >= 0.3 is 5.97 Å². The largest absolute Gasteiger partial charge is 0.462 e. The number of carbonyl (C=O) groups is 1. The first-order valence-corrected chi connectivity index (χ1v) is 6.76. The Hall–Kier alpha value is -1.20. The number of aromatic nitrogens is 1. The van der Waals surface area contributed by atoms with Crippen molar-refractivity contribution < 1.29 is 9.53 Å². The fourth-order valence-electron chi connectivity index (χ4n) is 1.43. The molecule has 2 aromatic rings. The molecule has 0 fully saturated rings.